The van der Waals surface area contributed by atoms with Crippen molar-refractivity contribution in [3.63, 3.8) is 0 Å². The number of carbonyl (C=O) groups is 1. The van der Waals surface area contributed by atoms with Crippen molar-refractivity contribution in [3.8, 4) is 11.8 Å². The summed E-state index contributed by atoms with van der Waals surface area (Å²) in [5.74, 6) is 4.34. The lowest BCUT2D eigenvalue weighted by atomic mass is 10.2. The second-order valence-electron chi connectivity index (χ2n) is 4.02. The normalized spacial score (nSPS) is 9.86. The lowest BCUT2D eigenvalue weighted by molar-refractivity contribution is 0.103. The maximum atomic E-state index is 13.8. The number of carbonyl (C=O) groups excluding carboxylic acids is 1. The van der Waals surface area contributed by atoms with Gasteiger partial charge in [-0.25, -0.2) is 4.39 Å². The molecule has 0 saturated heterocycles. The molecule has 2 rings (SSSR count). The molecule has 0 fully saturated rings. The van der Waals surface area contributed by atoms with Crippen LogP contribution in [0.4, 0.5) is 10.1 Å². The number of nitrogens with one attached hydrogen (secondary N) is 1. The summed E-state index contributed by atoms with van der Waals surface area (Å²) >= 11 is 7.08. The quantitative estimate of drug-likeness (QED) is 0.849. The Morgan fingerprint density at radius 1 is 1.43 bits per heavy atom. The van der Waals surface area contributed by atoms with Crippen LogP contribution in [0.5, 0.6) is 0 Å². The first-order chi connectivity index (χ1) is 10.1. The number of aliphatic hydroxyl groups excluding tert-OH is 1. The van der Waals surface area contributed by atoms with Crippen LogP contribution in [0.2, 0.25) is 5.02 Å². The molecule has 0 unspecified atom stereocenters. The van der Waals surface area contributed by atoms with Crippen LogP contribution >= 0.6 is 22.9 Å². The molecule has 2 aromatic rings. The summed E-state index contributed by atoms with van der Waals surface area (Å²) in [5, 5.41) is 13.3. The van der Waals surface area contributed by atoms with Gasteiger partial charge in [0, 0.05) is 12.1 Å². The van der Waals surface area contributed by atoms with Crippen LogP contribution in [0.15, 0.2) is 29.6 Å². The maximum Gasteiger partial charge on any atom is 0.267 e. The van der Waals surface area contributed by atoms with Crippen molar-refractivity contribution in [3.05, 3.63) is 50.9 Å². The average molecular weight is 324 g/mol. The number of thiophene rings is 1. The summed E-state index contributed by atoms with van der Waals surface area (Å²) in [5.41, 5.74) is 0.547. The van der Waals surface area contributed by atoms with Crippen molar-refractivity contribution in [2.24, 2.45) is 0 Å². The summed E-state index contributed by atoms with van der Waals surface area (Å²) in [6.07, 6.45) is 0.287. The van der Waals surface area contributed by atoms with Gasteiger partial charge in [-0.1, -0.05) is 23.4 Å². The van der Waals surface area contributed by atoms with E-state index in [1.54, 1.807) is 17.5 Å². The largest absolute Gasteiger partial charge is 0.395 e. The van der Waals surface area contributed by atoms with Gasteiger partial charge in [0.05, 0.1) is 17.2 Å². The van der Waals surface area contributed by atoms with Gasteiger partial charge in [0.15, 0.2) is 0 Å². The number of anilines is 1. The molecule has 1 heterocycles. The molecule has 6 heteroatoms. The molecule has 0 radical (unpaired) electrons. The fourth-order valence-corrected chi connectivity index (χ4v) is 2.59. The van der Waals surface area contributed by atoms with Gasteiger partial charge in [-0.05, 0) is 29.6 Å². The molecule has 21 heavy (non-hydrogen) atoms. The minimum atomic E-state index is -0.532. The zero-order chi connectivity index (χ0) is 15.2. The molecule has 0 saturated carbocycles. The van der Waals surface area contributed by atoms with Gasteiger partial charge < -0.3 is 10.4 Å². The third kappa shape index (κ3) is 4.05. The number of hydrogen-bond donors (Lipinski definition) is 2. The topological polar surface area (TPSA) is 49.3 Å². The second kappa shape index (κ2) is 7.23. The summed E-state index contributed by atoms with van der Waals surface area (Å²) in [6, 6.07) is 5.86. The second-order valence-corrected chi connectivity index (χ2v) is 5.35. The zero-order valence-electron chi connectivity index (χ0n) is 10.8. The van der Waals surface area contributed by atoms with Crippen LogP contribution in [0.25, 0.3) is 0 Å². The Bertz CT molecular complexity index is 718. The number of halogens is 2. The molecule has 1 aromatic carbocycles. The van der Waals surface area contributed by atoms with Gasteiger partial charge in [0.25, 0.3) is 5.91 Å². The van der Waals surface area contributed by atoms with Crippen LogP contribution in [-0.4, -0.2) is 17.6 Å². The molecular weight excluding hydrogens is 313 g/mol. The Kier molecular flexibility index (Phi) is 5.34. The fourth-order valence-electron chi connectivity index (χ4n) is 1.55. The van der Waals surface area contributed by atoms with Gasteiger partial charge in [0.1, 0.15) is 10.7 Å². The standard InChI is InChI=1S/C15H11ClFNO2S/c16-12-6-8-21-14(12)15(20)18-11-5-4-10(13(17)9-11)3-1-2-7-19/h4-6,8-9,19H,2,7H2,(H,18,20). The molecule has 0 aliphatic carbocycles. The Balaban J connectivity index is 2.12. The minimum absolute atomic E-state index is 0.0651. The predicted molar refractivity (Wildman–Crippen MR) is 82.3 cm³/mol. The smallest absolute Gasteiger partial charge is 0.267 e. The van der Waals surface area contributed by atoms with Crippen molar-refractivity contribution in [1.29, 1.82) is 0 Å². The third-order valence-electron chi connectivity index (χ3n) is 2.51. The van der Waals surface area contributed by atoms with Crippen molar-refractivity contribution in [1.82, 2.24) is 0 Å². The van der Waals surface area contributed by atoms with E-state index in [2.05, 4.69) is 17.2 Å². The number of amides is 1. The number of benzene rings is 1. The SMILES string of the molecule is O=C(Nc1ccc(C#CCCO)c(F)c1)c1sccc1Cl. The molecular formula is C15H11ClFNO2S. The van der Waals surface area contributed by atoms with E-state index in [-0.39, 0.29) is 24.5 Å². The molecule has 2 N–H and O–H groups in total. The molecule has 3 nitrogen and oxygen atoms in total. The monoisotopic (exact) mass is 323 g/mol. The van der Waals surface area contributed by atoms with Crippen molar-refractivity contribution in [2.45, 2.75) is 6.42 Å². The summed E-state index contributed by atoms with van der Waals surface area (Å²) < 4.78 is 13.8. The van der Waals surface area contributed by atoms with Gasteiger partial charge in [0.2, 0.25) is 0 Å². The van der Waals surface area contributed by atoms with E-state index in [0.717, 1.165) is 0 Å². The van der Waals surface area contributed by atoms with Crippen molar-refractivity contribution in [2.75, 3.05) is 11.9 Å². The Labute approximate surface area is 130 Å². The first-order valence-corrected chi connectivity index (χ1v) is 7.31. The molecule has 0 spiro atoms. The molecule has 0 aliphatic rings. The van der Waals surface area contributed by atoms with Crippen LogP contribution in [0.1, 0.15) is 21.7 Å². The number of rotatable bonds is 3. The highest BCUT2D eigenvalue weighted by atomic mass is 35.5. The summed E-state index contributed by atoms with van der Waals surface area (Å²) in [4.78, 5) is 12.3. The number of aliphatic hydroxyl groups is 1. The molecule has 1 amide bonds. The van der Waals surface area contributed by atoms with Crippen LogP contribution in [0, 0.1) is 17.7 Å². The average Bonchev–Trinajstić information content (AvgIpc) is 2.88. The highest BCUT2D eigenvalue weighted by Crippen LogP contribution is 2.23. The first-order valence-electron chi connectivity index (χ1n) is 6.05. The van der Waals surface area contributed by atoms with Crippen LogP contribution < -0.4 is 5.32 Å². The number of hydrogen-bond acceptors (Lipinski definition) is 3. The van der Waals surface area contributed by atoms with E-state index in [0.29, 0.717) is 15.6 Å². The van der Waals surface area contributed by atoms with Crippen LogP contribution in [-0.2, 0) is 0 Å². The van der Waals surface area contributed by atoms with Gasteiger partial charge in [-0.15, -0.1) is 11.3 Å². The maximum absolute atomic E-state index is 13.8. The minimum Gasteiger partial charge on any atom is -0.395 e. The van der Waals surface area contributed by atoms with Gasteiger partial charge in [-0.3, -0.25) is 4.79 Å². The van der Waals surface area contributed by atoms with E-state index >= 15 is 0 Å². The fraction of sp³-hybridized carbons (Fsp3) is 0.133. The van der Waals surface area contributed by atoms with Crippen molar-refractivity contribution >= 4 is 34.5 Å². The lowest BCUT2D eigenvalue weighted by Gasteiger charge is -2.05. The van der Waals surface area contributed by atoms with E-state index in [1.807, 2.05) is 0 Å². The van der Waals surface area contributed by atoms with E-state index in [9.17, 15) is 9.18 Å². The zero-order valence-corrected chi connectivity index (χ0v) is 12.4. The first kappa shape index (κ1) is 15.5. The lowest BCUT2D eigenvalue weighted by Crippen LogP contribution is -2.10. The molecule has 0 aliphatic heterocycles. The van der Waals surface area contributed by atoms with Gasteiger partial charge in [-0.2, -0.15) is 0 Å². The highest BCUT2D eigenvalue weighted by molar-refractivity contribution is 7.12. The Morgan fingerprint density at radius 3 is 2.86 bits per heavy atom. The summed E-state index contributed by atoms with van der Waals surface area (Å²) in [7, 11) is 0. The third-order valence-corrected chi connectivity index (χ3v) is 3.85. The highest BCUT2D eigenvalue weighted by Gasteiger charge is 2.12. The summed E-state index contributed by atoms with van der Waals surface area (Å²) in [6.45, 7) is -0.0651. The van der Waals surface area contributed by atoms with E-state index in [4.69, 9.17) is 16.7 Å². The molecule has 0 atom stereocenters. The molecule has 0 bridgehead atoms. The van der Waals surface area contributed by atoms with E-state index in [1.165, 1.54) is 23.5 Å². The Hall–Kier alpha value is -1.87. The predicted octanol–water partition coefficient (Wildman–Crippen LogP) is 3.53. The van der Waals surface area contributed by atoms with Gasteiger partial charge >= 0.3 is 0 Å². The van der Waals surface area contributed by atoms with E-state index < -0.39 is 5.82 Å². The Morgan fingerprint density at radius 2 is 2.24 bits per heavy atom. The molecule has 108 valence electrons. The molecule has 1 aromatic heterocycles. The van der Waals surface area contributed by atoms with Crippen molar-refractivity contribution < 1.29 is 14.3 Å². The van der Waals surface area contributed by atoms with Crippen LogP contribution in [0.3, 0.4) is 0 Å².